The van der Waals surface area contributed by atoms with Crippen LogP contribution in [-0.4, -0.2) is 18.0 Å². The molecule has 0 aliphatic rings. The van der Waals surface area contributed by atoms with Gasteiger partial charge in [0.25, 0.3) is 10.0 Å². The molecule has 0 fully saturated rings. The van der Waals surface area contributed by atoms with Gasteiger partial charge in [0, 0.05) is 16.7 Å². The molecule has 0 amide bonds. The monoisotopic (exact) mass is 410 g/mol. The summed E-state index contributed by atoms with van der Waals surface area (Å²) in [7, 11) is -3.85. The van der Waals surface area contributed by atoms with Gasteiger partial charge >= 0.3 is 0 Å². The van der Waals surface area contributed by atoms with Crippen LogP contribution in [0.1, 0.15) is 5.56 Å². The molecule has 0 atom stereocenters. The topological polar surface area (TPSA) is 87.3 Å². The third-order valence-corrected chi connectivity index (χ3v) is 5.17. The quantitative estimate of drug-likeness (QED) is 0.715. The first kappa shape index (κ1) is 15.8. The molecule has 3 aromatic rings. The molecule has 2 heterocycles. The molecule has 3 rings (SSSR count). The molecule has 0 unspecified atom stereocenters. The maximum absolute atomic E-state index is 12.4. The van der Waals surface area contributed by atoms with Crippen molar-refractivity contribution in [3.63, 3.8) is 0 Å². The number of nitriles is 1. The summed E-state index contributed by atoms with van der Waals surface area (Å²) in [6.07, 6.45) is 1.71. The average molecular weight is 412 g/mol. The standard InChI is InChI=1S/C14H8BrClN4O2S/c15-10-2-3-11-5-14(18-20(11)8-10)19-23(21,22)12-4-1-9(7-17)13(16)6-12/h1-6,8H,(H,18,19). The second-order valence-corrected chi connectivity index (χ2v) is 7.61. The molecule has 0 spiro atoms. The highest BCUT2D eigenvalue weighted by molar-refractivity contribution is 9.10. The molecule has 0 bridgehead atoms. The van der Waals surface area contributed by atoms with Crippen molar-refractivity contribution in [2.75, 3.05) is 4.72 Å². The molecule has 9 heteroatoms. The van der Waals surface area contributed by atoms with Crippen LogP contribution in [-0.2, 0) is 10.0 Å². The molecule has 0 saturated carbocycles. The lowest BCUT2D eigenvalue weighted by molar-refractivity contribution is 0.601. The molecular formula is C14H8BrClN4O2S. The van der Waals surface area contributed by atoms with E-state index in [0.717, 1.165) is 9.99 Å². The number of hydrogen-bond donors (Lipinski definition) is 1. The van der Waals surface area contributed by atoms with Crippen LogP contribution in [0.25, 0.3) is 5.52 Å². The predicted molar refractivity (Wildman–Crippen MR) is 89.9 cm³/mol. The first-order chi connectivity index (χ1) is 10.9. The first-order valence-corrected chi connectivity index (χ1v) is 8.92. The summed E-state index contributed by atoms with van der Waals surface area (Å²) in [5.41, 5.74) is 0.951. The summed E-state index contributed by atoms with van der Waals surface area (Å²) >= 11 is 9.20. The van der Waals surface area contributed by atoms with Gasteiger partial charge in [-0.25, -0.2) is 12.9 Å². The van der Waals surface area contributed by atoms with Gasteiger partial charge in [0.15, 0.2) is 5.82 Å². The lowest BCUT2D eigenvalue weighted by atomic mass is 10.2. The highest BCUT2D eigenvalue weighted by Crippen LogP contribution is 2.23. The highest BCUT2D eigenvalue weighted by Gasteiger charge is 2.17. The third kappa shape index (κ3) is 3.17. The van der Waals surface area contributed by atoms with Crippen LogP contribution >= 0.6 is 27.5 Å². The van der Waals surface area contributed by atoms with Crippen molar-refractivity contribution in [2.24, 2.45) is 0 Å². The van der Waals surface area contributed by atoms with Crippen LogP contribution in [0, 0.1) is 11.3 Å². The van der Waals surface area contributed by atoms with Crippen molar-refractivity contribution in [1.29, 1.82) is 5.26 Å². The second kappa shape index (κ2) is 5.85. The van der Waals surface area contributed by atoms with E-state index in [9.17, 15) is 8.42 Å². The zero-order chi connectivity index (χ0) is 16.6. The molecular weight excluding hydrogens is 404 g/mol. The maximum atomic E-state index is 12.4. The summed E-state index contributed by atoms with van der Waals surface area (Å²) in [6, 6.07) is 11.0. The van der Waals surface area contributed by atoms with Crippen molar-refractivity contribution >= 4 is 48.9 Å². The SMILES string of the molecule is N#Cc1ccc(S(=O)(=O)Nc2cc3ccc(Br)cn3n2)cc1Cl. The maximum Gasteiger partial charge on any atom is 0.263 e. The van der Waals surface area contributed by atoms with Gasteiger partial charge in [-0.15, -0.1) is 5.10 Å². The van der Waals surface area contributed by atoms with Gasteiger partial charge in [-0.1, -0.05) is 11.6 Å². The Balaban J connectivity index is 1.96. The van der Waals surface area contributed by atoms with E-state index >= 15 is 0 Å². The average Bonchev–Trinajstić information content (AvgIpc) is 2.87. The fraction of sp³-hybridized carbons (Fsp3) is 0. The number of sulfonamides is 1. The lowest BCUT2D eigenvalue weighted by Gasteiger charge is -2.06. The largest absolute Gasteiger partial charge is 0.263 e. The third-order valence-electron chi connectivity index (χ3n) is 3.03. The zero-order valence-electron chi connectivity index (χ0n) is 11.4. The van der Waals surface area contributed by atoms with Gasteiger partial charge in [-0.3, -0.25) is 4.72 Å². The fourth-order valence-electron chi connectivity index (χ4n) is 1.96. The Bertz CT molecular complexity index is 1060. The molecule has 6 nitrogen and oxygen atoms in total. The predicted octanol–water partition coefficient (Wildman–Crippen LogP) is 3.42. The molecule has 0 aliphatic carbocycles. The smallest absolute Gasteiger partial charge is 0.262 e. The van der Waals surface area contributed by atoms with Crippen LogP contribution in [0.3, 0.4) is 0 Å². The number of rotatable bonds is 3. The normalized spacial score (nSPS) is 11.3. The van der Waals surface area contributed by atoms with Crippen molar-refractivity contribution in [2.45, 2.75) is 4.90 Å². The molecule has 0 radical (unpaired) electrons. The number of halogens is 2. The van der Waals surface area contributed by atoms with E-state index in [1.54, 1.807) is 22.8 Å². The van der Waals surface area contributed by atoms with E-state index in [4.69, 9.17) is 16.9 Å². The number of pyridine rings is 1. The molecule has 2 aromatic heterocycles. The minimum absolute atomic E-state index is 0.0419. The number of aromatic nitrogens is 2. The Morgan fingerprint density at radius 3 is 2.74 bits per heavy atom. The molecule has 23 heavy (non-hydrogen) atoms. The number of benzene rings is 1. The highest BCUT2D eigenvalue weighted by atomic mass is 79.9. The van der Waals surface area contributed by atoms with E-state index in [1.165, 1.54) is 18.2 Å². The molecule has 1 aromatic carbocycles. The minimum Gasteiger partial charge on any atom is -0.262 e. The Kier molecular flexibility index (Phi) is 4.02. The number of anilines is 1. The first-order valence-electron chi connectivity index (χ1n) is 6.26. The van der Waals surface area contributed by atoms with E-state index < -0.39 is 10.0 Å². The van der Waals surface area contributed by atoms with Gasteiger partial charge in [-0.05, 0) is 46.3 Å². The summed E-state index contributed by atoms with van der Waals surface area (Å²) in [4.78, 5) is -0.0419. The number of nitrogens with zero attached hydrogens (tertiary/aromatic N) is 3. The molecule has 116 valence electrons. The van der Waals surface area contributed by atoms with Crippen molar-refractivity contribution < 1.29 is 8.42 Å². The number of fused-ring (bicyclic) bond motifs is 1. The Hall–Kier alpha value is -2.08. The zero-order valence-corrected chi connectivity index (χ0v) is 14.5. The van der Waals surface area contributed by atoms with Crippen LogP contribution in [0.2, 0.25) is 5.02 Å². The summed E-state index contributed by atoms with van der Waals surface area (Å²) in [6.45, 7) is 0. The van der Waals surface area contributed by atoms with Gasteiger partial charge in [0.2, 0.25) is 0 Å². The molecule has 0 aliphatic heterocycles. The van der Waals surface area contributed by atoms with Crippen molar-refractivity contribution in [1.82, 2.24) is 9.61 Å². The van der Waals surface area contributed by atoms with Gasteiger partial charge in [-0.2, -0.15) is 5.26 Å². The van der Waals surface area contributed by atoms with E-state index in [0.29, 0.717) is 0 Å². The lowest BCUT2D eigenvalue weighted by Crippen LogP contribution is -2.13. The van der Waals surface area contributed by atoms with Gasteiger partial charge in [0.05, 0.1) is 21.0 Å². The van der Waals surface area contributed by atoms with Gasteiger partial charge in [0.1, 0.15) is 6.07 Å². The summed E-state index contributed by atoms with van der Waals surface area (Å²) in [5.74, 6) is 0.184. The van der Waals surface area contributed by atoms with Gasteiger partial charge < -0.3 is 0 Å². The number of hydrogen-bond acceptors (Lipinski definition) is 4. The molecule has 0 saturated heterocycles. The number of nitrogens with one attached hydrogen (secondary N) is 1. The Morgan fingerprint density at radius 2 is 2.04 bits per heavy atom. The van der Waals surface area contributed by atoms with Crippen LogP contribution in [0.4, 0.5) is 5.82 Å². The van der Waals surface area contributed by atoms with Crippen molar-refractivity contribution in [3.8, 4) is 6.07 Å². The second-order valence-electron chi connectivity index (χ2n) is 4.61. The van der Waals surface area contributed by atoms with Crippen molar-refractivity contribution in [3.05, 3.63) is 57.7 Å². The van der Waals surface area contributed by atoms with E-state index in [2.05, 4.69) is 25.8 Å². The van der Waals surface area contributed by atoms with Crippen LogP contribution in [0.5, 0.6) is 0 Å². The van der Waals surface area contributed by atoms with E-state index in [1.807, 2.05) is 12.1 Å². The minimum atomic E-state index is -3.85. The molecule has 1 N–H and O–H groups in total. The summed E-state index contributed by atoms with van der Waals surface area (Å²) in [5, 5.41) is 13.1. The van der Waals surface area contributed by atoms with Crippen LogP contribution < -0.4 is 4.72 Å². The van der Waals surface area contributed by atoms with E-state index in [-0.39, 0.29) is 21.3 Å². The summed E-state index contributed by atoms with van der Waals surface area (Å²) < 4.78 is 29.5. The van der Waals surface area contributed by atoms with Crippen LogP contribution in [0.15, 0.2) is 52.0 Å². The Morgan fingerprint density at radius 1 is 1.26 bits per heavy atom. The Labute approximate surface area is 145 Å². The fourth-order valence-corrected chi connectivity index (χ4v) is 3.59.